The predicted molar refractivity (Wildman–Crippen MR) is 66.1 cm³/mol. The van der Waals surface area contributed by atoms with Gasteiger partial charge in [-0.1, -0.05) is 0 Å². The first-order valence-corrected chi connectivity index (χ1v) is 5.63. The first-order valence-electron chi connectivity index (χ1n) is 5.63. The lowest BCUT2D eigenvalue weighted by atomic mass is 10.1. The molecule has 1 aromatic carbocycles. The van der Waals surface area contributed by atoms with Crippen LogP contribution in [-0.2, 0) is 4.74 Å². The maximum Gasteiger partial charge on any atom is 0.145 e. The molecule has 1 saturated heterocycles. The maximum absolute atomic E-state index is 5.88. The van der Waals surface area contributed by atoms with Crippen LogP contribution < -0.4 is 10.5 Å². The Hall–Kier alpha value is -1.81. The summed E-state index contributed by atoms with van der Waals surface area (Å²) in [5, 5.41) is 0.961. The molecule has 2 heterocycles. The summed E-state index contributed by atoms with van der Waals surface area (Å²) in [5.41, 5.74) is 8.37. The van der Waals surface area contributed by atoms with Crippen molar-refractivity contribution in [2.75, 3.05) is 18.9 Å². The lowest BCUT2D eigenvalue weighted by Gasteiger charge is -2.27. The van der Waals surface area contributed by atoms with Crippen molar-refractivity contribution in [2.24, 2.45) is 0 Å². The molecule has 4 heteroatoms. The highest BCUT2D eigenvalue weighted by Gasteiger charge is 2.21. The lowest BCUT2D eigenvalue weighted by Crippen LogP contribution is -2.38. The van der Waals surface area contributed by atoms with E-state index in [1.165, 1.54) is 0 Å². The fourth-order valence-electron chi connectivity index (χ4n) is 1.90. The maximum atomic E-state index is 5.88. The normalized spacial score (nSPS) is 15.8. The Morgan fingerprint density at radius 3 is 2.88 bits per heavy atom. The smallest absolute Gasteiger partial charge is 0.145 e. The Bertz CT molecular complexity index is 565. The summed E-state index contributed by atoms with van der Waals surface area (Å²) in [6, 6.07) is 7.61. The molecule has 0 aliphatic carbocycles. The number of aromatic nitrogens is 1. The molecule has 88 valence electrons. The Balaban J connectivity index is 2.09. The molecule has 0 atom stereocenters. The number of pyridine rings is 1. The second kappa shape index (κ2) is 3.89. The molecule has 1 aliphatic heterocycles. The molecule has 4 nitrogen and oxygen atoms in total. The van der Waals surface area contributed by atoms with Crippen molar-refractivity contribution in [2.45, 2.75) is 13.0 Å². The van der Waals surface area contributed by atoms with Crippen molar-refractivity contribution in [1.29, 1.82) is 0 Å². The Labute approximate surface area is 99.4 Å². The number of nitrogens with zero attached hydrogens (tertiary/aromatic N) is 1. The predicted octanol–water partition coefficient (Wildman–Crippen LogP) is 1.90. The molecule has 1 aromatic heterocycles. The lowest BCUT2D eigenvalue weighted by molar-refractivity contribution is -0.0791. The third kappa shape index (κ3) is 1.91. The van der Waals surface area contributed by atoms with Crippen LogP contribution >= 0.6 is 0 Å². The highest BCUT2D eigenvalue weighted by Crippen LogP contribution is 2.28. The van der Waals surface area contributed by atoms with E-state index in [1.54, 1.807) is 0 Å². The van der Waals surface area contributed by atoms with Crippen LogP contribution in [0.1, 0.15) is 5.69 Å². The summed E-state index contributed by atoms with van der Waals surface area (Å²) in [6.45, 7) is 3.27. The quantitative estimate of drug-likeness (QED) is 0.800. The van der Waals surface area contributed by atoms with Crippen LogP contribution in [-0.4, -0.2) is 24.3 Å². The molecule has 0 saturated carbocycles. The average molecular weight is 230 g/mol. The van der Waals surface area contributed by atoms with Gasteiger partial charge in [0, 0.05) is 22.8 Å². The number of rotatable bonds is 2. The van der Waals surface area contributed by atoms with Crippen molar-refractivity contribution in [3.63, 3.8) is 0 Å². The van der Waals surface area contributed by atoms with Gasteiger partial charge in [-0.25, -0.2) is 0 Å². The van der Waals surface area contributed by atoms with Crippen LogP contribution in [0.5, 0.6) is 5.75 Å². The van der Waals surface area contributed by atoms with Gasteiger partial charge in [0.2, 0.25) is 0 Å². The van der Waals surface area contributed by atoms with E-state index in [-0.39, 0.29) is 6.10 Å². The molecule has 2 N–H and O–H groups in total. The van der Waals surface area contributed by atoms with Gasteiger partial charge in [-0.3, -0.25) is 4.98 Å². The number of fused-ring (bicyclic) bond motifs is 1. The second-order valence-electron chi connectivity index (χ2n) is 4.32. The van der Waals surface area contributed by atoms with Crippen LogP contribution in [0.4, 0.5) is 5.69 Å². The van der Waals surface area contributed by atoms with Crippen molar-refractivity contribution < 1.29 is 9.47 Å². The number of nitrogen functional groups attached to an aromatic ring is 1. The van der Waals surface area contributed by atoms with Crippen molar-refractivity contribution >= 4 is 16.6 Å². The van der Waals surface area contributed by atoms with Gasteiger partial charge in [0.25, 0.3) is 0 Å². The molecule has 0 amide bonds. The minimum Gasteiger partial charge on any atom is -0.485 e. The summed E-state index contributed by atoms with van der Waals surface area (Å²) in [5.74, 6) is 0.841. The summed E-state index contributed by atoms with van der Waals surface area (Å²) >= 11 is 0. The molecule has 1 aliphatic rings. The molecular formula is C13H14N2O2. The summed E-state index contributed by atoms with van der Waals surface area (Å²) < 4.78 is 11.0. The molecule has 3 rings (SSSR count). The number of nitrogens with two attached hydrogens (primary N) is 1. The van der Waals surface area contributed by atoms with Gasteiger partial charge in [-0.05, 0) is 25.1 Å². The van der Waals surface area contributed by atoms with Crippen LogP contribution in [0, 0.1) is 6.92 Å². The van der Waals surface area contributed by atoms with Crippen LogP contribution in [0.2, 0.25) is 0 Å². The first-order chi connectivity index (χ1) is 8.22. The van der Waals surface area contributed by atoms with Gasteiger partial charge in [-0.15, -0.1) is 0 Å². The highest BCUT2D eigenvalue weighted by atomic mass is 16.6. The van der Waals surface area contributed by atoms with Gasteiger partial charge in [0.1, 0.15) is 11.9 Å². The molecule has 2 aromatic rings. The van der Waals surface area contributed by atoms with Gasteiger partial charge in [0.05, 0.1) is 18.7 Å². The van der Waals surface area contributed by atoms with E-state index in [0.717, 1.165) is 28.0 Å². The largest absolute Gasteiger partial charge is 0.485 e. The zero-order valence-corrected chi connectivity index (χ0v) is 9.64. The van der Waals surface area contributed by atoms with Crippen LogP contribution in [0.15, 0.2) is 24.3 Å². The zero-order chi connectivity index (χ0) is 11.8. The number of hydrogen-bond donors (Lipinski definition) is 1. The van der Waals surface area contributed by atoms with E-state index >= 15 is 0 Å². The van der Waals surface area contributed by atoms with Crippen LogP contribution in [0.3, 0.4) is 0 Å². The molecule has 1 fully saturated rings. The molecular weight excluding hydrogens is 216 g/mol. The molecule has 0 radical (unpaired) electrons. The van der Waals surface area contributed by atoms with Crippen molar-refractivity contribution in [3.05, 3.63) is 30.0 Å². The summed E-state index contributed by atoms with van der Waals surface area (Å²) in [7, 11) is 0. The van der Waals surface area contributed by atoms with E-state index in [9.17, 15) is 0 Å². The number of anilines is 1. The van der Waals surface area contributed by atoms with E-state index in [2.05, 4.69) is 4.98 Å². The molecule has 0 unspecified atom stereocenters. The van der Waals surface area contributed by atoms with E-state index in [1.807, 2.05) is 31.2 Å². The van der Waals surface area contributed by atoms with E-state index in [4.69, 9.17) is 15.2 Å². The van der Waals surface area contributed by atoms with Gasteiger partial charge < -0.3 is 15.2 Å². The molecule has 0 spiro atoms. The standard InChI is InChI=1S/C13H14N2O2/c1-8-4-13(17-10-6-16-7-10)11-5-9(14)2-3-12(11)15-8/h2-5,10H,6-7,14H2,1H3. The summed E-state index contributed by atoms with van der Waals surface area (Å²) in [6.07, 6.45) is 0.154. The average Bonchev–Trinajstić information content (AvgIpc) is 2.24. The number of ether oxygens (including phenoxy) is 2. The first kappa shape index (κ1) is 10.4. The SMILES string of the molecule is Cc1cc(OC2COC2)c2cc(N)ccc2n1. The summed E-state index contributed by atoms with van der Waals surface area (Å²) in [4.78, 5) is 4.46. The minimum absolute atomic E-state index is 0.154. The number of benzene rings is 1. The Morgan fingerprint density at radius 1 is 1.35 bits per heavy atom. The van der Waals surface area contributed by atoms with Crippen molar-refractivity contribution in [3.8, 4) is 5.75 Å². The molecule has 17 heavy (non-hydrogen) atoms. The number of aryl methyl sites for hydroxylation is 1. The van der Waals surface area contributed by atoms with Gasteiger partial charge >= 0.3 is 0 Å². The van der Waals surface area contributed by atoms with Gasteiger partial charge in [0.15, 0.2) is 0 Å². The fourth-order valence-corrected chi connectivity index (χ4v) is 1.90. The van der Waals surface area contributed by atoms with E-state index in [0.29, 0.717) is 13.2 Å². The second-order valence-corrected chi connectivity index (χ2v) is 4.32. The zero-order valence-electron chi connectivity index (χ0n) is 9.64. The third-order valence-corrected chi connectivity index (χ3v) is 2.82. The van der Waals surface area contributed by atoms with Crippen LogP contribution in [0.25, 0.3) is 10.9 Å². The number of hydrogen-bond acceptors (Lipinski definition) is 4. The molecule has 0 bridgehead atoms. The fraction of sp³-hybridized carbons (Fsp3) is 0.308. The van der Waals surface area contributed by atoms with Gasteiger partial charge in [-0.2, -0.15) is 0 Å². The topological polar surface area (TPSA) is 57.4 Å². The van der Waals surface area contributed by atoms with Crippen molar-refractivity contribution in [1.82, 2.24) is 4.98 Å². The highest BCUT2D eigenvalue weighted by molar-refractivity contribution is 5.87. The third-order valence-electron chi connectivity index (χ3n) is 2.82. The Morgan fingerprint density at radius 2 is 2.18 bits per heavy atom. The Kier molecular flexibility index (Phi) is 2.37. The minimum atomic E-state index is 0.154. The van der Waals surface area contributed by atoms with E-state index < -0.39 is 0 Å². The monoisotopic (exact) mass is 230 g/mol.